The van der Waals surface area contributed by atoms with Gasteiger partial charge < -0.3 is 14.5 Å². The zero-order chi connectivity index (χ0) is 18.0. The number of amides is 1. The standard InChI is InChI=1S/C17H22FN5O2/c1-17(2,3)25-16(24)22-10-8-21(9-11-22)15-12-23(20-19-15)14-7-5-4-6-13(14)18/h4-7,12H,8-11H2,1-3H3. The molecule has 0 bridgehead atoms. The van der Waals surface area contributed by atoms with Crippen molar-refractivity contribution in [2.24, 2.45) is 0 Å². The van der Waals surface area contributed by atoms with Gasteiger partial charge in [-0.15, -0.1) is 5.10 Å². The SMILES string of the molecule is CC(C)(C)OC(=O)N1CCN(c2cn(-c3ccccc3F)nn2)CC1. The second-order valence-electron chi connectivity index (χ2n) is 6.93. The van der Waals surface area contributed by atoms with Crippen LogP contribution in [0.5, 0.6) is 0 Å². The van der Waals surface area contributed by atoms with Crippen LogP contribution in [-0.4, -0.2) is 57.8 Å². The lowest BCUT2D eigenvalue weighted by atomic mass is 10.2. The number of carbonyl (C=O) groups is 1. The molecule has 0 saturated carbocycles. The van der Waals surface area contributed by atoms with Gasteiger partial charge in [-0.25, -0.2) is 13.9 Å². The summed E-state index contributed by atoms with van der Waals surface area (Å²) in [7, 11) is 0. The van der Waals surface area contributed by atoms with Crippen LogP contribution in [0, 0.1) is 5.82 Å². The minimum absolute atomic E-state index is 0.304. The highest BCUT2D eigenvalue weighted by atomic mass is 19.1. The summed E-state index contributed by atoms with van der Waals surface area (Å²) in [5, 5.41) is 8.13. The van der Waals surface area contributed by atoms with Crippen molar-refractivity contribution in [3.8, 4) is 5.69 Å². The number of anilines is 1. The molecule has 1 aromatic carbocycles. The normalized spacial score (nSPS) is 15.4. The molecule has 7 nitrogen and oxygen atoms in total. The van der Waals surface area contributed by atoms with Crippen molar-refractivity contribution in [2.45, 2.75) is 26.4 Å². The maximum atomic E-state index is 13.8. The van der Waals surface area contributed by atoms with E-state index in [4.69, 9.17) is 4.74 Å². The van der Waals surface area contributed by atoms with Gasteiger partial charge in [0.05, 0.1) is 6.20 Å². The molecule has 1 aromatic heterocycles. The summed E-state index contributed by atoms with van der Waals surface area (Å²) >= 11 is 0. The van der Waals surface area contributed by atoms with Crippen LogP contribution >= 0.6 is 0 Å². The van der Waals surface area contributed by atoms with Gasteiger partial charge >= 0.3 is 6.09 Å². The van der Waals surface area contributed by atoms with Gasteiger partial charge in [0.25, 0.3) is 0 Å². The number of aromatic nitrogens is 3. The maximum absolute atomic E-state index is 13.8. The van der Waals surface area contributed by atoms with E-state index in [1.54, 1.807) is 29.3 Å². The lowest BCUT2D eigenvalue weighted by Crippen LogP contribution is -2.50. The number of hydrogen-bond donors (Lipinski definition) is 0. The zero-order valence-electron chi connectivity index (χ0n) is 14.6. The van der Waals surface area contributed by atoms with Gasteiger partial charge in [0.15, 0.2) is 5.82 Å². The monoisotopic (exact) mass is 347 g/mol. The van der Waals surface area contributed by atoms with Crippen LogP contribution < -0.4 is 4.90 Å². The maximum Gasteiger partial charge on any atom is 0.410 e. The molecule has 0 aliphatic carbocycles. The van der Waals surface area contributed by atoms with E-state index in [1.807, 2.05) is 25.7 Å². The largest absolute Gasteiger partial charge is 0.444 e. The van der Waals surface area contributed by atoms with Gasteiger partial charge in [-0.05, 0) is 32.9 Å². The zero-order valence-corrected chi connectivity index (χ0v) is 14.6. The molecule has 8 heteroatoms. The number of ether oxygens (including phenoxy) is 1. The van der Waals surface area contributed by atoms with Crippen molar-refractivity contribution in [1.29, 1.82) is 0 Å². The van der Waals surface area contributed by atoms with Gasteiger partial charge in [0.1, 0.15) is 17.1 Å². The van der Waals surface area contributed by atoms with Gasteiger partial charge in [-0.1, -0.05) is 17.3 Å². The van der Waals surface area contributed by atoms with E-state index < -0.39 is 5.60 Å². The van der Waals surface area contributed by atoms with Crippen LogP contribution in [-0.2, 0) is 4.74 Å². The number of nitrogens with zero attached hydrogens (tertiary/aromatic N) is 5. The van der Waals surface area contributed by atoms with Crippen LogP contribution in [0.15, 0.2) is 30.5 Å². The fourth-order valence-electron chi connectivity index (χ4n) is 2.60. The van der Waals surface area contributed by atoms with Crippen molar-refractivity contribution in [3.63, 3.8) is 0 Å². The molecule has 0 atom stereocenters. The molecule has 0 spiro atoms. The van der Waals surface area contributed by atoms with Crippen LogP contribution in [0.2, 0.25) is 0 Å². The quantitative estimate of drug-likeness (QED) is 0.835. The average molecular weight is 347 g/mol. The molecule has 0 radical (unpaired) electrons. The van der Waals surface area contributed by atoms with Crippen LogP contribution in [0.1, 0.15) is 20.8 Å². The number of benzene rings is 1. The fourth-order valence-corrected chi connectivity index (χ4v) is 2.60. The lowest BCUT2D eigenvalue weighted by Gasteiger charge is -2.35. The van der Waals surface area contributed by atoms with Gasteiger partial charge in [0, 0.05) is 26.2 Å². The fraction of sp³-hybridized carbons (Fsp3) is 0.471. The number of para-hydroxylation sites is 1. The first-order valence-corrected chi connectivity index (χ1v) is 8.23. The molecule has 3 rings (SSSR count). The highest BCUT2D eigenvalue weighted by molar-refractivity contribution is 5.68. The van der Waals surface area contributed by atoms with Gasteiger partial charge in [0.2, 0.25) is 0 Å². The Bertz CT molecular complexity index is 747. The predicted octanol–water partition coefficient (Wildman–Crippen LogP) is 2.46. The predicted molar refractivity (Wildman–Crippen MR) is 91.3 cm³/mol. The average Bonchev–Trinajstić information content (AvgIpc) is 3.03. The van der Waals surface area contributed by atoms with Gasteiger partial charge in [-0.2, -0.15) is 0 Å². The lowest BCUT2D eigenvalue weighted by molar-refractivity contribution is 0.0240. The molecule has 1 aliphatic heterocycles. The van der Waals surface area contributed by atoms with Crippen LogP contribution in [0.3, 0.4) is 0 Å². The summed E-state index contributed by atoms with van der Waals surface area (Å²) in [4.78, 5) is 15.8. The molecular formula is C17H22FN5O2. The molecule has 1 fully saturated rings. The molecule has 1 aliphatic rings. The van der Waals surface area contributed by atoms with Crippen molar-refractivity contribution in [1.82, 2.24) is 19.9 Å². The molecule has 1 saturated heterocycles. The Morgan fingerprint density at radius 1 is 1.16 bits per heavy atom. The summed E-state index contributed by atoms with van der Waals surface area (Å²) in [5.74, 6) is 0.306. The third kappa shape index (κ3) is 4.07. The number of halogens is 1. The molecule has 25 heavy (non-hydrogen) atoms. The van der Waals surface area contributed by atoms with Crippen molar-refractivity contribution in [2.75, 3.05) is 31.1 Å². The van der Waals surface area contributed by atoms with Crippen molar-refractivity contribution < 1.29 is 13.9 Å². The smallest absolute Gasteiger partial charge is 0.410 e. The van der Waals surface area contributed by atoms with Crippen LogP contribution in [0.4, 0.5) is 15.0 Å². The molecule has 0 N–H and O–H groups in total. The number of piperazine rings is 1. The number of carbonyl (C=O) groups excluding carboxylic acids is 1. The third-order valence-corrected chi connectivity index (χ3v) is 3.84. The summed E-state index contributed by atoms with van der Waals surface area (Å²) in [5.41, 5.74) is -0.148. The summed E-state index contributed by atoms with van der Waals surface area (Å²) in [6.45, 7) is 7.87. The first-order chi connectivity index (χ1) is 11.8. The second-order valence-corrected chi connectivity index (χ2v) is 6.93. The summed E-state index contributed by atoms with van der Waals surface area (Å²) < 4.78 is 20.7. The van der Waals surface area contributed by atoms with Crippen molar-refractivity contribution >= 4 is 11.9 Å². The third-order valence-electron chi connectivity index (χ3n) is 3.84. The minimum Gasteiger partial charge on any atom is -0.444 e. The minimum atomic E-state index is -0.503. The van der Waals surface area contributed by atoms with E-state index in [9.17, 15) is 9.18 Å². The van der Waals surface area contributed by atoms with E-state index >= 15 is 0 Å². The van der Waals surface area contributed by atoms with E-state index in [1.165, 1.54) is 10.7 Å². The Morgan fingerprint density at radius 3 is 2.48 bits per heavy atom. The Hall–Kier alpha value is -2.64. The first kappa shape index (κ1) is 17.2. The molecule has 2 heterocycles. The first-order valence-electron chi connectivity index (χ1n) is 8.23. The second kappa shape index (κ2) is 6.70. The Morgan fingerprint density at radius 2 is 1.84 bits per heavy atom. The number of rotatable bonds is 2. The molecule has 2 aromatic rings. The van der Waals surface area contributed by atoms with E-state index in [0.29, 0.717) is 37.7 Å². The molecule has 134 valence electrons. The summed E-state index contributed by atoms with van der Waals surface area (Å²) in [6.07, 6.45) is 1.39. The number of hydrogen-bond acceptors (Lipinski definition) is 5. The summed E-state index contributed by atoms with van der Waals surface area (Å²) in [6, 6.07) is 6.41. The Balaban J connectivity index is 1.63. The van der Waals surface area contributed by atoms with Gasteiger partial charge in [-0.3, -0.25) is 0 Å². The topological polar surface area (TPSA) is 63.5 Å². The highest BCUT2D eigenvalue weighted by Gasteiger charge is 2.26. The molecule has 1 amide bonds. The van der Waals surface area contributed by atoms with Crippen molar-refractivity contribution in [3.05, 3.63) is 36.3 Å². The van der Waals surface area contributed by atoms with E-state index in [2.05, 4.69) is 10.3 Å². The molecule has 0 unspecified atom stereocenters. The Kier molecular flexibility index (Phi) is 4.61. The van der Waals surface area contributed by atoms with E-state index in [-0.39, 0.29) is 11.9 Å². The van der Waals surface area contributed by atoms with Crippen LogP contribution in [0.25, 0.3) is 5.69 Å². The highest BCUT2D eigenvalue weighted by Crippen LogP contribution is 2.18. The Labute approximate surface area is 146 Å². The van der Waals surface area contributed by atoms with E-state index in [0.717, 1.165) is 0 Å². The molecular weight excluding hydrogens is 325 g/mol.